The third kappa shape index (κ3) is 5.81. The van der Waals surface area contributed by atoms with E-state index in [0.29, 0.717) is 18.4 Å². The first-order valence-corrected chi connectivity index (χ1v) is 5.58. The fourth-order valence-corrected chi connectivity index (χ4v) is 1.38. The molecule has 1 rings (SSSR count). The third-order valence-electron chi connectivity index (χ3n) is 2.47. The summed E-state index contributed by atoms with van der Waals surface area (Å²) in [6.45, 7) is 2.80. The summed E-state index contributed by atoms with van der Waals surface area (Å²) in [4.78, 5) is 11.3. The molecule has 13 heavy (non-hydrogen) atoms. The molecule has 0 amide bonds. The lowest BCUT2D eigenvalue weighted by molar-refractivity contribution is -0.118. The van der Waals surface area contributed by atoms with E-state index < -0.39 is 0 Å². The fraction of sp³-hybridized carbons (Fsp3) is 0.909. The Labute approximate surface area is 81.1 Å². The molecular weight excluding hydrogens is 162 g/mol. The summed E-state index contributed by atoms with van der Waals surface area (Å²) < 4.78 is 0. The van der Waals surface area contributed by atoms with Crippen LogP contribution in [0.15, 0.2) is 0 Å². The molecule has 2 heteroatoms. The molecule has 0 bridgehead atoms. The second-order valence-electron chi connectivity index (χ2n) is 4.00. The minimum Gasteiger partial charge on any atom is -0.307 e. The summed E-state index contributed by atoms with van der Waals surface area (Å²) in [6, 6.07) is 0.666. The summed E-state index contributed by atoms with van der Waals surface area (Å²) in [5.41, 5.74) is 0. The van der Waals surface area contributed by atoms with Crippen LogP contribution in [0.25, 0.3) is 0 Å². The highest BCUT2D eigenvalue weighted by Gasteiger charge is 2.20. The molecule has 1 fully saturated rings. The second-order valence-corrected chi connectivity index (χ2v) is 4.00. The zero-order chi connectivity index (χ0) is 9.52. The fourth-order valence-electron chi connectivity index (χ4n) is 1.38. The first kappa shape index (κ1) is 10.7. The van der Waals surface area contributed by atoms with E-state index in [1.807, 2.05) is 0 Å². The SMILES string of the molecule is CCCCCCC(=O)CNC1CC1. The van der Waals surface area contributed by atoms with Gasteiger partial charge < -0.3 is 5.32 Å². The molecule has 0 aromatic rings. The lowest BCUT2D eigenvalue weighted by atomic mass is 10.1. The Hall–Kier alpha value is -0.370. The molecule has 0 aromatic heterocycles. The topological polar surface area (TPSA) is 29.1 Å². The molecule has 1 aliphatic rings. The Balaban J connectivity index is 1.84. The van der Waals surface area contributed by atoms with Gasteiger partial charge in [0.05, 0.1) is 6.54 Å². The predicted molar refractivity (Wildman–Crippen MR) is 54.8 cm³/mol. The molecule has 0 heterocycles. The van der Waals surface area contributed by atoms with Crippen LogP contribution in [0.2, 0.25) is 0 Å². The molecule has 1 aliphatic carbocycles. The first-order chi connectivity index (χ1) is 6.33. The van der Waals surface area contributed by atoms with Crippen LogP contribution in [0, 0.1) is 0 Å². The van der Waals surface area contributed by atoms with Gasteiger partial charge in [-0.2, -0.15) is 0 Å². The number of hydrogen-bond acceptors (Lipinski definition) is 2. The van der Waals surface area contributed by atoms with E-state index in [-0.39, 0.29) is 0 Å². The van der Waals surface area contributed by atoms with Crippen LogP contribution in [-0.4, -0.2) is 18.4 Å². The van der Waals surface area contributed by atoms with Gasteiger partial charge in [-0.25, -0.2) is 0 Å². The lowest BCUT2D eigenvalue weighted by Crippen LogP contribution is -2.24. The molecule has 0 unspecified atom stereocenters. The zero-order valence-electron chi connectivity index (χ0n) is 8.64. The van der Waals surface area contributed by atoms with Crippen molar-refractivity contribution < 1.29 is 4.79 Å². The highest BCUT2D eigenvalue weighted by atomic mass is 16.1. The maximum absolute atomic E-state index is 11.3. The summed E-state index contributed by atoms with van der Waals surface area (Å²) in [5.74, 6) is 0.392. The van der Waals surface area contributed by atoms with Crippen molar-refractivity contribution in [3.63, 3.8) is 0 Å². The van der Waals surface area contributed by atoms with Crippen molar-refractivity contribution in [1.82, 2.24) is 5.32 Å². The van der Waals surface area contributed by atoms with E-state index in [0.717, 1.165) is 12.8 Å². The molecule has 0 saturated heterocycles. The monoisotopic (exact) mass is 183 g/mol. The molecule has 2 nitrogen and oxygen atoms in total. The van der Waals surface area contributed by atoms with Gasteiger partial charge in [0.1, 0.15) is 5.78 Å². The summed E-state index contributed by atoms with van der Waals surface area (Å²) in [6.07, 6.45) is 8.12. The van der Waals surface area contributed by atoms with Gasteiger partial charge in [-0.15, -0.1) is 0 Å². The number of carbonyl (C=O) groups excluding carboxylic acids is 1. The molecule has 0 radical (unpaired) electrons. The number of hydrogen-bond donors (Lipinski definition) is 1. The van der Waals surface area contributed by atoms with Crippen molar-refractivity contribution in [3.05, 3.63) is 0 Å². The predicted octanol–water partition coefficient (Wildman–Crippen LogP) is 2.28. The van der Waals surface area contributed by atoms with Crippen molar-refractivity contribution in [2.75, 3.05) is 6.54 Å². The van der Waals surface area contributed by atoms with Gasteiger partial charge in [0.15, 0.2) is 0 Å². The molecule has 1 saturated carbocycles. The largest absolute Gasteiger partial charge is 0.307 e. The smallest absolute Gasteiger partial charge is 0.146 e. The molecule has 0 spiro atoms. The average Bonchev–Trinajstić information content (AvgIpc) is 2.92. The van der Waals surface area contributed by atoms with E-state index in [2.05, 4.69) is 12.2 Å². The van der Waals surface area contributed by atoms with Crippen LogP contribution in [-0.2, 0) is 4.79 Å². The van der Waals surface area contributed by atoms with E-state index in [4.69, 9.17) is 0 Å². The minimum absolute atomic E-state index is 0.392. The summed E-state index contributed by atoms with van der Waals surface area (Å²) in [5, 5.41) is 3.25. The van der Waals surface area contributed by atoms with E-state index >= 15 is 0 Å². The summed E-state index contributed by atoms with van der Waals surface area (Å²) >= 11 is 0. The van der Waals surface area contributed by atoms with Gasteiger partial charge in [0.25, 0.3) is 0 Å². The normalized spacial score (nSPS) is 16.1. The summed E-state index contributed by atoms with van der Waals surface area (Å²) in [7, 11) is 0. The molecule has 76 valence electrons. The maximum atomic E-state index is 11.3. The molecular formula is C11H21NO. The van der Waals surface area contributed by atoms with Crippen LogP contribution in [0.4, 0.5) is 0 Å². The quantitative estimate of drug-likeness (QED) is 0.585. The van der Waals surface area contributed by atoms with Crippen LogP contribution in [0.5, 0.6) is 0 Å². The first-order valence-electron chi connectivity index (χ1n) is 5.58. The number of Topliss-reactive ketones (excluding diaryl/α,β-unsaturated/α-hetero) is 1. The molecule has 0 atom stereocenters. The maximum Gasteiger partial charge on any atom is 0.146 e. The molecule has 0 aliphatic heterocycles. The number of unbranched alkanes of at least 4 members (excludes halogenated alkanes) is 3. The van der Waals surface area contributed by atoms with Crippen molar-refractivity contribution in [2.45, 2.75) is 57.9 Å². The van der Waals surface area contributed by atoms with Gasteiger partial charge in [-0.05, 0) is 19.3 Å². The van der Waals surface area contributed by atoms with E-state index in [1.54, 1.807) is 0 Å². The highest BCUT2D eigenvalue weighted by molar-refractivity contribution is 5.80. The van der Waals surface area contributed by atoms with Crippen LogP contribution < -0.4 is 5.32 Å². The van der Waals surface area contributed by atoms with Crippen LogP contribution in [0.1, 0.15) is 51.9 Å². The Bertz CT molecular complexity index is 152. The van der Waals surface area contributed by atoms with Crippen LogP contribution >= 0.6 is 0 Å². The zero-order valence-corrected chi connectivity index (χ0v) is 8.64. The van der Waals surface area contributed by atoms with Gasteiger partial charge >= 0.3 is 0 Å². The Morgan fingerprint density at radius 3 is 2.69 bits per heavy atom. The lowest BCUT2D eigenvalue weighted by Gasteiger charge is -2.01. The minimum atomic E-state index is 0.392. The molecule has 1 N–H and O–H groups in total. The van der Waals surface area contributed by atoms with Crippen molar-refractivity contribution >= 4 is 5.78 Å². The average molecular weight is 183 g/mol. The van der Waals surface area contributed by atoms with Crippen molar-refractivity contribution in [2.24, 2.45) is 0 Å². The standard InChI is InChI=1S/C11H21NO/c1-2-3-4-5-6-11(13)9-12-10-7-8-10/h10,12H,2-9H2,1H3. The van der Waals surface area contributed by atoms with Crippen LogP contribution in [0.3, 0.4) is 0 Å². The van der Waals surface area contributed by atoms with Gasteiger partial charge in [0.2, 0.25) is 0 Å². The van der Waals surface area contributed by atoms with Gasteiger partial charge in [-0.3, -0.25) is 4.79 Å². The Morgan fingerprint density at radius 1 is 1.31 bits per heavy atom. The third-order valence-corrected chi connectivity index (χ3v) is 2.47. The van der Waals surface area contributed by atoms with Gasteiger partial charge in [-0.1, -0.05) is 26.2 Å². The number of ketones is 1. The Morgan fingerprint density at radius 2 is 2.08 bits per heavy atom. The Kier molecular flexibility index (Phi) is 5.06. The van der Waals surface area contributed by atoms with E-state index in [9.17, 15) is 4.79 Å². The highest BCUT2D eigenvalue weighted by Crippen LogP contribution is 2.18. The van der Waals surface area contributed by atoms with Gasteiger partial charge in [0, 0.05) is 12.5 Å². The molecule has 0 aromatic carbocycles. The number of rotatable bonds is 8. The number of nitrogens with one attached hydrogen (secondary N) is 1. The number of carbonyl (C=O) groups is 1. The van der Waals surface area contributed by atoms with Crippen molar-refractivity contribution in [3.8, 4) is 0 Å². The second kappa shape index (κ2) is 6.14. The van der Waals surface area contributed by atoms with E-state index in [1.165, 1.54) is 32.1 Å². The van der Waals surface area contributed by atoms with Crippen molar-refractivity contribution in [1.29, 1.82) is 0 Å².